The first-order chi connectivity index (χ1) is 10.3. The van der Waals surface area contributed by atoms with Crippen LogP contribution in [0.3, 0.4) is 0 Å². The summed E-state index contributed by atoms with van der Waals surface area (Å²) >= 11 is 3.61. The molecule has 0 saturated heterocycles. The van der Waals surface area contributed by atoms with Crippen LogP contribution >= 0.6 is 15.9 Å². The molecule has 3 rings (SSSR count). The van der Waals surface area contributed by atoms with Crippen molar-refractivity contribution in [1.29, 1.82) is 0 Å². The summed E-state index contributed by atoms with van der Waals surface area (Å²) in [5, 5.41) is 3.77. The second-order valence-corrected chi connectivity index (χ2v) is 7.43. The maximum absolute atomic E-state index is 6.40. The van der Waals surface area contributed by atoms with Crippen molar-refractivity contribution in [2.75, 3.05) is 6.54 Å². The molecule has 1 spiro atoms. The smallest absolute Gasteiger partial charge is 0.133 e. The van der Waals surface area contributed by atoms with Crippen LogP contribution in [0.1, 0.15) is 51.9 Å². The topological polar surface area (TPSA) is 21.3 Å². The molecule has 2 atom stereocenters. The van der Waals surface area contributed by atoms with Gasteiger partial charge in [0.2, 0.25) is 0 Å². The van der Waals surface area contributed by atoms with E-state index in [0.717, 1.165) is 23.2 Å². The van der Waals surface area contributed by atoms with E-state index in [1.807, 2.05) is 6.07 Å². The monoisotopic (exact) mass is 351 g/mol. The highest BCUT2D eigenvalue weighted by molar-refractivity contribution is 9.10. The summed E-state index contributed by atoms with van der Waals surface area (Å²) in [4.78, 5) is 0. The Kier molecular flexibility index (Phi) is 4.90. The quantitative estimate of drug-likeness (QED) is 0.812. The van der Waals surface area contributed by atoms with Crippen molar-refractivity contribution in [1.82, 2.24) is 5.32 Å². The van der Waals surface area contributed by atoms with Crippen LogP contribution in [-0.2, 0) is 0 Å². The van der Waals surface area contributed by atoms with Crippen LogP contribution in [-0.4, -0.2) is 18.7 Å². The molecule has 21 heavy (non-hydrogen) atoms. The van der Waals surface area contributed by atoms with Crippen LogP contribution in [0, 0.1) is 5.41 Å². The average molecular weight is 352 g/mol. The number of hydrogen-bond acceptors (Lipinski definition) is 2. The Balaban J connectivity index is 1.72. The van der Waals surface area contributed by atoms with E-state index in [2.05, 4.69) is 46.4 Å². The summed E-state index contributed by atoms with van der Waals surface area (Å²) in [7, 11) is 0. The molecular weight excluding hydrogens is 326 g/mol. The Morgan fingerprint density at radius 2 is 2.00 bits per heavy atom. The summed E-state index contributed by atoms with van der Waals surface area (Å²) in [6.45, 7) is 3.38. The largest absolute Gasteiger partial charge is 0.489 e. The minimum Gasteiger partial charge on any atom is -0.489 e. The molecule has 0 amide bonds. The lowest BCUT2D eigenvalue weighted by Crippen LogP contribution is -2.65. The molecule has 2 unspecified atom stereocenters. The molecule has 0 heterocycles. The Labute approximate surface area is 136 Å². The van der Waals surface area contributed by atoms with Gasteiger partial charge in [-0.1, -0.05) is 38.3 Å². The molecule has 1 N–H and O–H groups in total. The van der Waals surface area contributed by atoms with E-state index in [4.69, 9.17) is 4.74 Å². The van der Waals surface area contributed by atoms with Crippen molar-refractivity contribution in [3.63, 3.8) is 0 Å². The molecule has 2 aliphatic rings. The second kappa shape index (κ2) is 6.70. The predicted octanol–water partition coefficient (Wildman–Crippen LogP) is 4.92. The summed E-state index contributed by atoms with van der Waals surface area (Å²) < 4.78 is 7.47. The van der Waals surface area contributed by atoms with Gasteiger partial charge in [0, 0.05) is 17.9 Å². The number of hydrogen-bond donors (Lipinski definition) is 1. The van der Waals surface area contributed by atoms with Crippen molar-refractivity contribution in [2.45, 2.75) is 64.0 Å². The Hall–Kier alpha value is -0.540. The predicted molar refractivity (Wildman–Crippen MR) is 90.8 cm³/mol. The first kappa shape index (κ1) is 15.4. The molecule has 2 aliphatic carbocycles. The Bertz CT molecular complexity index is 470. The van der Waals surface area contributed by atoms with Crippen LogP contribution in [0.5, 0.6) is 5.75 Å². The Morgan fingerprint density at radius 3 is 2.71 bits per heavy atom. The molecule has 1 aromatic carbocycles. The van der Waals surface area contributed by atoms with E-state index < -0.39 is 0 Å². The lowest BCUT2D eigenvalue weighted by atomic mass is 9.55. The first-order valence-electron chi connectivity index (χ1n) is 8.41. The van der Waals surface area contributed by atoms with Crippen molar-refractivity contribution in [3.8, 4) is 5.75 Å². The normalized spacial score (nSPS) is 27.3. The van der Waals surface area contributed by atoms with Gasteiger partial charge < -0.3 is 10.1 Å². The zero-order chi connectivity index (χ0) is 14.7. The third kappa shape index (κ3) is 3.00. The third-order valence-electron chi connectivity index (χ3n) is 5.32. The van der Waals surface area contributed by atoms with Crippen LogP contribution < -0.4 is 10.1 Å². The third-order valence-corrected chi connectivity index (χ3v) is 5.97. The van der Waals surface area contributed by atoms with Gasteiger partial charge in [0.25, 0.3) is 0 Å². The first-order valence-corrected chi connectivity index (χ1v) is 9.20. The van der Waals surface area contributed by atoms with E-state index >= 15 is 0 Å². The fourth-order valence-corrected chi connectivity index (χ4v) is 4.47. The van der Waals surface area contributed by atoms with Crippen LogP contribution in [0.25, 0.3) is 0 Å². The minimum atomic E-state index is 0.378. The average Bonchev–Trinajstić information content (AvgIpc) is 2.52. The number of halogens is 1. The molecule has 2 nitrogen and oxygen atoms in total. The zero-order valence-electron chi connectivity index (χ0n) is 12.9. The lowest BCUT2D eigenvalue weighted by Gasteiger charge is -2.57. The van der Waals surface area contributed by atoms with Gasteiger partial charge >= 0.3 is 0 Å². The van der Waals surface area contributed by atoms with E-state index in [1.54, 1.807) is 0 Å². The fraction of sp³-hybridized carbons (Fsp3) is 0.667. The van der Waals surface area contributed by atoms with Gasteiger partial charge in [-0.25, -0.2) is 0 Å². The highest BCUT2D eigenvalue weighted by atomic mass is 79.9. The van der Waals surface area contributed by atoms with E-state index in [-0.39, 0.29) is 0 Å². The second-order valence-electron chi connectivity index (χ2n) is 6.57. The summed E-state index contributed by atoms with van der Waals surface area (Å²) in [6, 6.07) is 8.89. The molecule has 116 valence electrons. The number of nitrogens with one attached hydrogen (secondary N) is 1. The molecular formula is C18H26BrNO. The lowest BCUT2D eigenvalue weighted by molar-refractivity contribution is -0.103. The molecule has 3 heteroatoms. The van der Waals surface area contributed by atoms with Gasteiger partial charge in [-0.3, -0.25) is 0 Å². The van der Waals surface area contributed by atoms with Gasteiger partial charge in [0.1, 0.15) is 11.9 Å². The molecule has 0 aliphatic heterocycles. The SMILES string of the molecule is CCCNC1CC(Oc2ccccc2Br)C12CCCCC2. The zero-order valence-corrected chi connectivity index (χ0v) is 14.5. The van der Waals surface area contributed by atoms with E-state index in [0.29, 0.717) is 17.6 Å². The van der Waals surface area contributed by atoms with Crippen molar-refractivity contribution in [2.24, 2.45) is 5.41 Å². The molecule has 2 fully saturated rings. The van der Waals surface area contributed by atoms with Gasteiger partial charge in [-0.15, -0.1) is 0 Å². The number of rotatable bonds is 5. The minimum absolute atomic E-state index is 0.378. The maximum Gasteiger partial charge on any atom is 0.133 e. The summed E-state index contributed by atoms with van der Waals surface area (Å²) in [5.74, 6) is 1.00. The van der Waals surface area contributed by atoms with E-state index in [9.17, 15) is 0 Å². The van der Waals surface area contributed by atoms with E-state index in [1.165, 1.54) is 38.5 Å². The number of benzene rings is 1. The van der Waals surface area contributed by atoms with Gasteiger partial charge in [0.05, 0.1) is 4.47 Å². The highest BCUT2D eigenvalue weighted by Gasteiger charge is 2.56. The van der Waals surface area contributed by atoms with Crippen LogP contribution in [0.15, 0.2) is 28.7 Å². The van der Waals surface area contributed by atoms with Crippen molar-refractivity contribution >= 4 is 15.9 Å². The number of ether oxygens (including phenoxy) is 1. The molecule has 0 bridgehead atoms. The summed E-state index contributed by atoms with van der Waals surface area (Å²) in [5.41, 5.74) is 0.378. The standard InChI is InChI=1S/C18H26BrNO/c1-2-12-20-16-13-17(18(16)10-6-3-7-11-18)21-15-9-5-4-8-14(15)19/h4-5,8-9,16-17,20H,2-3,6-7,10-13H2,1H3. The van der Waals surface area contributed by atoms with Crippen molar-refractivity contribution in [3.05, 3.63) is 28.7 Å². The molecule has 2 saturated carbocycles. The molecule has 1 aromatic rings. The maximum atomic E-state index is 6.40. The highest BCUT2D eigenvalue weighted by Crippen LogP contribution is 2.53. The number of para-hydroxylation sites is 1. The van der Waals surface area contributed by atoms with Gasteiger partial charge in [-0.05, 0) is 53.9 Å². The molecule has 0 aromatic heterocycles. The van der Waals surface area contributed by atoms with Gasteiger partial charge in [-0.2, -0.15) is 0 Å². The van der Waals surface area contributed by atoms with Crippen LogP contribution in [0.2, 0.25) is 0 Å². The fourth-order valence-electron chi connectivity index (χ4n) is 4.09. The van der Waals surface area contributed by atoms with Crippen molar-refractivity contribution < 1.29 is 4.74 Å². The summed E-state index contributed by atoms with van der Waals surface area (Å²) in [6.07, 6.45) is 9.51. The molecule has 0 radical (unpaired) electrons. The van der Waals surface area contributed by atoms with Gasteiger partial charge in [0.15, 0.2) is 0 Å². The van der Waals surface area contributed by atoms with Crippen LogP contribution in [0.4, 0.5) is 0 Å². The Morgan fingerprint density at radius 1 is 1.24 bits per heavy atom.